The van der Waals surface area contributed by atoms with Crippen molar-refractivity contribution in [1.29, 1.82) is 0 Å². The minimum Gasteiger partial charge on any atom is -0.326 e. The zero-order valence-corrected chi connectivity index (χ0v) is 14.1. The van der Waals surface area contributed by atoms with E-state index in [0.29, 0.717) is 16.4 Å². The van der Waals surface area contributed by atoms with E-state index in [4.69, 9.17) is 0 Å². The lowest BCUT2D eigenvalue weighted by molar-refractivity contribution is -0.114. The number of anilines is 2. The molecule has 0 saturated carbocycles. The summed E-state index contributed by atoms with van der Waals surface area (Å²) in [6, 6.07) is 6.76. The Kier molecular flexibility index (Phi) is 6.22. The molecule has 1 heterocycles. The summed E-state index contributed by atoms with van der Waals surface area (Å²) >= 11 is 1.40. The highest BCUT2D eigenvalue weighted by atomic mass is 32.1. The average Bonchev–Trinajstić information content (AvgIpc) is 2.94. The molecule has 1 aromatic carbocycles. The van der Waals surface area contributed by atoms with Crippen molar-refractivity contribution < 1.29 is 9.59 Å². The Morgan fingerprint density at radius 3 is 2.74 bits per heavy atom. The van der Waals surface area contributed by atoms with E-state index in [1.165, 1.54) is 18.3 Å². The molecule has 0 unspecified atom stereocenters. The quantitative estimate of drug-likeness (QED) is 0.760. The SMILES string of the molecule is CCCCCc1nnc(NC(=O)c2cccc(NC(C)=O)c2)s1. The van der Waals surface area contributed by atoms with Crippen LogP contribution in [0, 0.1) is 0 Å². The Balaban J connectivity index is 1.97. The number of hydrogen-bond donors (Lipinski definition) is 2. The molecule has 2 rings (SSSR count). The summed E-state index contributed by atoms with van der Waals surface area (Å²) in [6.45, 7) is 3.58. The molecule has 2 amide bonds. The van der Waals surface area contributed by atoms with Crippen molar-refractivity contribution in [2.75, 3.05) is 10.6 Å². The second-order valence-electron chi connectivity index (χ2n) is 5.17. The fraction of sp³-hybridized carbons (Fsp3) is 0.375. The van der Waals surface area contributed by atoms with Crippen LogP contribution in [0.4, 0.5) is 10.8 Å². The molecule has 0 radical (unpaired) electrons. The highest BCUT2D eigenvalue weighted by molar-refractivity contribution is 7.15. The fourth-order valence-electron chi connectivity index (χ4n) is 2.04. The van der Waals surface area contributed by atoms with Crippen LogP contribution in [0.25, 0.3) is 0 Å². The zero-order chi connectivity index (χ0) is 16.7. The highest BCUT2D eigenvalue weighted by Gasteiger charge is 2.11. The molecule has 2 aromatic rings. The lowest BCUT2D eigenvalue weighted by Crippen LogP contribution is -2.13. The lowest BCUT2D eigenvalue weighted by Gasteiger charge is -2.05. The topological polar surface area (TPSA) is 84.0 Å². The molecule has 23 heavy (non-hydrogen) atoms. The molecule has 0 spiro atoms. The van der Waals surface area contributed by atoms with E-state index >= 15 is 0 Å². The first-order valence-corrected chi connectivity index (χ1v) is 8.41. The first-order valence-electron chi connectivity index (χ1n) is 7.60. The summed E-state index contributed by atoms with van der Waals surface area (Å²) in [6.07, 6.45) is 4.29. The maximum absolute atomic E-state index is 12.2. The van der Waals surface area contributed by atoms with Gasteiger partial charge >= 0.3 is 0 Å². The van der Waals surface area contributed by atoms with E-state index in [2.05, 4.69) is 27.8 Å². The van der Waals surface area contributed by atoms with E-state index in [9.17, 15) is 9.59 Å². The van der Waals surface area contributed by atoms with Crippen LogP contribution in [0.1, 0.15) is 48.5 Å². The predicted molar refractivity (Wildman–Crippen MR) is 91.8 cm³/mol. The monoisotopic (exact) mass is 332 g/mol. The highest BCUT2D eigenvalue weighted by Crippen LogP contribution is 2.19. The van der Waals surface area contributed by atoms with Gasteiger partial charge in [-0.25, -0.2) is 0 Å². The number of nitrogens with one attached hydrogen (secondary N) is 2. The number of hydrogen-bond acceptors (Lipinski definition) is 5. The molecule has 0 fully saturated rings. The molecule has 0 aliphatic rings. The molecular formula is C16H20N4O2S. The number of nitrogens with zero attached hydrogens (tertiary/aromatic N) is 2. The van der Waals surface area contributed by atoms with E-state index in [0.717, 1.165) is 30.7 Å². The molecular weight excluding hydrogens is 312 g/mol. The van der Waals surface area contributed by atoms with Gasteiger partial charge in [-0.05, 0) is 24.6 Å². The van der Waals surface area contributed by atoms with Crippen molar-refractivity contribution >= 4 is 34.0 Å². The van der Waals surface area contributed by atoms with E-state index in [-0.39, 0.29) is 11.8 Å². The summed E-state index contributed by atoms with van der Waals surface area (Å²) < 4.78 is 0. The number of unbranched alkanes of at least 4 members (excludes halogenated alkanes) is 2. The van der Waals surface area contributed by atoms with Crippen LogP contribution in [0.15, 0.2) is 24.3 Å². The number of rotatable bonds is 7. The summed E-state index contributed by atoms with van der Waals surface area (Å²) in [4.78, 5) is 23.3. The molecule has 0 aliphatic carbocycles. The van der Waals surface area contributed by atoms with Crippen molar-refractivity contribution in [2.24, 2.45) is 0 Å². The summed E-state index contributed by atoms with van der Waals surface area (Å²) in [7, 11) is 0. The van der Waals surface area contributed by atoms with Crippen molar-refractivity contribution in [3.8, 4) is 0 Å². The van der Waals surface area contributed by atoms with E-state index in [1.54, 1.807) is 24.3 Å². The summed E-state index contributed by atoms with van der Waals surface area (Å²) in [5, 5.41) is 14.9. The molecule has 2 N–H and O–H groups in total. The van der Waals surface area contributed by atoms with Gasteiger partial charge in [-0.15, -0.1) is 10.2 Å². The first kappa shape index (κ1) is 17.1. The molecule has 0 saturated heterocycles. The van der Waals surface area contributed by atoms with Gasteiger partial charge in [0.15, 0.2) is 0 Å². The zero-order valence-electron chi connectivity index (χ0n) is 13.3. The van der Waals surface area contributed by atoms with Gasteiger partial charge in [0.25, 0.3) is 5.91 Å². The van der Waals surface area contributed by atoms with Crippen molar-refractivity contribution in [1.82, 2.24) is 10.2 Å². The van der Waals surface area contributed by atoms with Gasteiger partial charge in [-0.1, -0.05) is 37.2 Å². The summed E-state index contributed by atoms with van der Waals surface area (Å²) in [5.74, 6) is -0.447. The van der Waals surface area contributed by atoms with Gasteiger partial charge in [0.1, 0.15) is 5.01 Å². The second-order valence-corrected chi connectivity index (χ2v) is 6.24. The number of carbonyl (C=O) groups is 2. The standard InChI is InChI=1S/C16H20N4O2S/c1-3-4-5-9-14-19-20-16(23-14)18-15(22)12-7-6-8-13(10-12)17-11(2)21/h6-8,10H,3-5,9H2,1-2H3,(H,17,21)(H,18,20,22). The number of aromatic nitrogens is 2. The fourth-order valence-corrected chi connectivity index (χ4v) is 2.82. The van der Waals surface area contributed by atoms with Crippen molar-refractivity contribution in [3.05, 3.63) is 34.8 Å². The molecule has 0 aliphatic heterocycles. The third kappa shape index (κ3) is 5.45. The number of benzene rings is 1. The van der Waals surface area contributed by atoms with E-state index < -0.39 is 0 Å². The van der Waals surface area contributed by atoms with Crippen LogP contribution in [-0.4, -0.2) is 22.0 Å². The first-order chi connectivity index (χ1) is 11.1. The van der Waals surface area contributed by atoms with Gasteiger partial charge in [-0.3, -0.25) is 14.9 Å². The minimum absolute atomic E-state index is 0.177. The summed E-state index contributed by atoms with van der Waals surface area (Å²) in [5.41, 5.74) is 1.04. The average molecular weight is 332 g/mol. The molecule has 1 aromatic heterocycles. The Hall–Kier alpha value is -2.28. The number of aryl methyl sites for hydroxylation is 1. The molecule has 0 atom stereocenters. The Morgan fingerprint density at radius 1 is 1.17 bits per heavy atom. The Labute approximate surface area is 139 Å². The van der Waals surface area contributed by atoms with E-state index in [1.807, 2.05) is 0 Å². The van der Waals surface area contributed by atoms with Crippen molar-refractivity contribution in [3.63, 3.8) is 0 Å². The smallest absolute Gasteiger partial charge is 0.257 e. The Bertz CT molecular complexity index is 684. The van der Waals surface area contributed by atoms with Crippen molar-refractivity contribution in [2.45, 2.75) is 39.5 Å². The van der Waals surface area contributed by atoms with Crippen LogP contribution in [0.5, 0.6) is 0 Å². The lowest BCUT2D eigenvalue weighted by atomic mass is 10.2. The maximum Gasteiger partial charge on any atom is 0.257 e. The number of carbonyl (C=O) groups excluding carboxylic acids is 2. The third-order valence-electron chi connectivity index (χ3n) is 3.13. The molecule has 7 heteroatoms. The van der Waals surface area contributed by atoms with Crippen LogP contribution in [0.3, 0.4) is 0 Å². The van der Waals surface area contributed by atoms with Gasteiger partial charge in [0, 0.05) is 24.6 Å². The maximum atomic E-state index is 12.2. The largest absolute Gasteiger partial charge is 0.326 e. The molecule has 0 bridgehead atoms. The van der Waals surface area contributed by atoms with Gasteiger partial charge in [0.05, 0.1) is 0 Å². The van der Waals surface area contributed by atoms with Gasteiger partial charge in [-0.2, -0.15) is 0 Å². The predicted octanol–water partition coefficient (Wildman–Crippen LogP) is 3.48. The van der Waals surface area contributed by atoms with Gasteiger partial charge < -0.3 is 5.32 Å². The van der Waals surface area contributed by atoms with Crippen LogP contribution in [-0.2, 0) is 11.2 Å². The normalized spacial score (nSPS) is 10.3. The van der Waals surface area contributed by atoms with Crippen LogP contribution in [0.2, 0.25) is 0 Å². The molecule has 6 nitrogen and oxygen atoms in total. The van der Waals surface area contributed by atoms with Gasteiger partial charge in [0.2, 0.25) is 11.0 Å². The second kappa shape index (κ2) is 8.38. The number of amides is 2. The van der Waals surface area contributed by atoms with Crippen LogP contribution >= 0.6 is 11.3 Å². The Morgan fingerprint density at radius 2 is 2.00 bits per heavy atom. The minimum atomic E-state index is -0.270. The molecule has 122 valence electrons. The third-order valence-corrected chi connectivity index (χ3v) is 4.03. The van der Waals surface area contributed by atoms with Crippen LogP contribution < -0.4 is 10.6 Å².